The molecule has 2 aliphatic rings. The molecule has 0 spiro atoms. The number of rotatable bonds is 2. The Hall–Kier alpha value is -1.40. The third-order valence-corrected chi connectivity index (χ3v) is 5.45. The van der Waals surface area contributed by atoms with Crippen LogP contribution in [0.4, 0.5) is 0 Å². The van der Waals surface area contributed by atoms with Gasteiger partial charge in [-0.15, -0.1) is 11.3 Å². The van der Waals surface area contributed by atoms with E-state index in [0.717, 1.165) is 17.7 Å². The molecule has 108 valence electrons. The summed E-state index contributed by atoms with van der Waals surface area (Å²) >= 11 is 1.56. The van der Waals surface area contributed by atoms with Crippen LogP contribution in [0.2, 0.25) is 0 Å². The van der Waals surface area contributed by atoms with Gasteiger partial charge < -0.3 is 15.7 Å². The molecule has 1 unspecified atom stereocenters. The van der Waals surface area contributed by atoms with Crippen molar-refractivity contribution in [1.29, 1.82) is 0 Å². The molecule has 1 aliphatic heterocycles. The van der Waals surface area contributed by atoms with Crippen LogP contribution in [0.3, 0.4) is 0 Å². The van der Waals surface area contributed by atoms with E-state index in [1.54, 1.807) is 16.2 Å². The number of nitrogens with two attached hydrogens (primary N) is 1. The molecule has 1 aromatic rings. The van der Waals surface area contributed by atoms with Gasteiger partial charge in [-0.25, -0.2) is 0 Å². The van der Waals surface area contributed by atoms with Crippen LogP contribution in [0.25, 0.3) is 0 Å². The number of thiophene rings is 1. The summed E-state index contributed by atoms with van der Waals surface area (Å²) in [4.78, 5) is 27.2. The molecule has 2 heterocycles. The predicted molar refractivity (Wildman–Crippen MR) is 76.0 cm³/mol. The van der Waals surface area contributed by atoms with Gasteiger partial charge in [0, 0.05) is 18.0 Å². The van der Waals surface area contributed by atoms with Gasteiger partial charge >= 0.3 is 5.97 Å². The van der Waals surface area contributed by atoms with Crippen molar-refractivity contribution in [2.45, 2.75) is 37.6 Å². The minimum Gasteiger partial charge on any atom is -0.480 e. The number of amides is 1. The molecule has 3 N–H and O–H groups in total. The summed E-state index contributed by atoms with van der Waals surface area (Å²) in [5.74, 6) is -1.10. The Labute approximate surface area is 121 Å². The summed E-state index contributed by atoms with van der Waals surface area (Å²) in [5, 5.41) is 9.11. The van der Waals surface area contributed by atoms with E-state index in [9.17, 15) is 9.59 Å². The Balaban J connectivity index is 1.77. The van der Waals surface area contributed by atoms with E-state index in [2.05, 4.69) is 0 Å². The summed E-state index contributed by atoms with van der Waals surface area (Å²) in [7, 11) is 0. The molecule has 1 aromatic heterocycles. The zero-order chi connectivity index (χ0) is 14.3. The molecule has 1 saturated heterocycles. The van der Waals surface area contributed by atoms with E-state index >= 15 is 0 Å². The van der Waals surface area contributed by atoms with Gasteiger partial charge in [0.2, 0.25) is 0 Å². The Kier molecular flexibility index (Phi) is 3.30. The van der Waals surface area contributed by atoms with Crippen molar-refractivity contribution in [3.05, 3.63) is 21.4 Å². The maximum absolute atomic E-state index is 12.5. The summed E-state index contributed by atoms with van der Waals surface area (Å²) in [6.07, 6.45) is 4.80. The number of aryl methyl sites for hydroxylation is 2. The molecule has 1 aliphatic carbocycles. The van der Waals surface area contributed by atoms with Crippen LogP contribution < -0.4 is 5.73 Å². The maximum Gasteiger partial charge on any atom is 0.325 e. The van der Waals surface area contributed by atoms with E-state index in [0.29, 0.717) is 13.0 Å². The molecule has 6 heteroatoms. The number of hydrogen-bond donors (Lipinski definition) is 2. The third-order valence-electron chi connectivity index (χ3n) is 4.22. The predicted octanol–water partition coefficient (Wildman–Crippen LogP) is 1.25. The summed E-state index contributed by atoms with van der Waals surface area (Å²) in [6, 6.07) is 1.98. The van der Waals surface area contributed by atoms with Crippen molar-refractivity contribution in [1.82, 2.24) is 4.90 Å². The van der Waals surface area contributed by atoms with Crippen LogP contribution in [-0.4, -0.2) is 40.5 Å². The number of fused-ring (bicyclic) bond motifs is 1. The zero-order valence-corrected chi connectivity index (χ0v) is 12.0. The highest BCUT2D eigenvalue weighted by Crippen LogP contribution is 2.31. The highest BCUT2D eigenvalue weighted by molar-refractivity contribution is 7.14. The van der Waals surface area contributed by atoms with Gasteiger partial charge in [0.05, 0.1) is 4.88 Å². The van der Waals surface area contributed by atoms with Gasteiger partial charge in [0.25, 0.3) is 5.91 Å². The van der Waals surface area contributed by atoms with Crippen molar-refractivity contribution < 1.29 is 14.7 Å². The van der Waals surface area contributed by atoms with E-state index in [-0.39, 0.29) is 12.5 Å². The number of hydrogen-bond acceptors (Lipinski definition) is 4. The molecule has 20 heavy (non-hydrogen) atoms. The van der Waals surface area contributed by atoms with Gasteiger partial charge in [-0.2, -0.15) is 0 Å². The fourth-order valence-electron chi connectivity index (χ4n) is 2.93. The number of nitrogens with zero attached hydrogens (tertiary/aromatic N) is 1. The molecule has 0 saturated carbocycles. The third kappa shape index (κ3) is 2.23. The van der Waals surface area contributed by atoms with Crippen molar-refractivity contribution >= 4 is 23.2 Å². The summed E-state index contributed by atoms with van der Waals surface area (Å²) in [6.45, 7) is 0.522. The molecular weight excluding hydrogens is 276 g/mol. The van der Waals surface area contributed by atoms with E-state index in [4.69, 9.17) is 10.8 Å². The number of aliphatic carboxylic acids is 1. The summed E-state index contributed by atoms with van der Waals surface area (Å²) in [5.41, 5.74) is 5.82. The fraction of sp³-hybridized carbons (Fsp3) is 0.571. The molecule has 0 radical (unpaired) electrons. The van der Waals surface area contributed by atoms with Crippen molar-refractivity contribution in [3.8, 4) is 0 Å². The van der Waals surface area contributed by atoms with Crippen LogP contribution in [0, 0.1) is 0 Å². The normalized spacial score (nSPS) is 25.6. The lowest BCUT2D eigenvalue weighted by molar-refractivity contribution is -0.142. The van der Waals surface area contributed by atoms with Gasteiger partial charge in [0.15, 0.2) is 0 Å². The average Bonchev–Trinajstić information content (AvgIpc) is 3.02. The SMILES string of the molecule is NC1(C(=O)O)CCN(C(=O)c2cc3c(s2)CCCC3)C1. The molecule has 1 atom stereocenters. The van der Waals surface area contributed by atoms with E-state index in [1.165, 1.54) is 23.3 Å². The number of carboxylic acid groups (broad SMARTS) is 1. The monoisotopic (exact) mass is 294 g/mol. The van der Waals surface area contributed by atoms with Crippen LogP contribution in [0.15, 0.2) is 6.07 Å². The average molecular weight is 294 g/mol. The molecule has 1 fully saturated rings. The van der Waals surface area contributed by atoms with Gasteiger partial charge in [-0.1, -0.05) is 0 Å². The van der Waals surface area contributed by atoms with Gasteiger partial charge in [-0.3, -0.25) is 9.59 Å². The zero-order valence-electron chi connectivity index (χ0n) is 11.2. The van der Waals surface area contributed by atoms with E-state index < -0.39 is 11.5 Å². The van der Waals surface area contributed by atoms with Gasteiger partial charge in [-0.05, 0) is 43.7 Å². The first-order valence-electron chi connectivity index (χ1n) is 6.93. The lowest BCUT2D eigenvalue weighted by atomic mass is 9.99. The minimum atomic E-state index is -1.29. The molecule has 3 rings (SSSR count). The number of carbonyl (C=O) groups is 2. The maximum atomic E-state index is 12.5. The molecular formula is C14H18N2O3S. The first-order chi connectivity index (χ1) is 9.49. The first-order valence-corrected chi connectivity index (χ1v) is 7.74. The smallest absolute Gasteiger partial charge is 0.325 e. The second-order valence-electron chi connectivity index (χ2n) is 5.70. The van der Waals surface area contributed by atoms with Gasteiger partial charge in [0.1, 0.15) is 5.54 Å². The minimum absolute atomic E-state index is 0.0713. The lowest BCUT2D eigenvalue weighted by Crippen LogP contribution is -2.50. The van der Waals surface area contributed by atoms with E-state index in [1.807, 2.05) is 6.07 Å². The Morgan fingerprint density at radius 2 is 2.10 bits per heavy atom. The van der Waals surface area contributed by atoms with Crippen molar-refractivity contribution in [2.75, 3.05) is 13.1 Å². The lowest BCUT2D eigenvalue weighted by Gasteiger charge is -2.19. The number of carboxylic acids is 1. The second-order valence-corrected chi connectivity index (χ2v) is 6.84. The highest BCUT2D eigenvalue weighted by Gasteiger charge is 2.43. The quantitative estimate of drug-likeness (QED) is 0.860. The molecule has 0 bridgehead atoms. The largest absolute Gasteiger partial charge is 0.480 e. The second kappa shape index (κ2) is 4.86. The van der Waals surface area contributed by atoms with Crippen LogP contribution >= 0.6 is 11.3 Å². The molecule has 1 amide bonds. The first kappa shape index (κ1) is 13.6. The fourth-order valence-corrected chi connectivity index (χ4v) is 4.15. The standard InChI is InChI=1S/C14H18N2O3S/c15-14(13(18)19)5-6-16(8-14)12(17)11-7-9-3-1-2-4-10(9)20-11/h7H,1-6,8,15H2,(H,18,19). The van der Waals surface area contributed by atoms with Crippen molar-refractivity contribution in [2.24, 2.45) is 5.73 Å². The van der Waals surface area contributed by atoms with Crippen LogP contribution in [0.1, 0.15) is 39.4 Å². The highest BCUT2D eigenvalue weighted by atomic mass is 32.1. The molecule has 5 nitrogen and oxygen atoms in total. The van der Waals surface area contributed by atoms with Crippen LogP contribution in [-0.2, 0) is 17.6 Å². The Bertz CT molecular complexity index is 545. The number of likely N-dealkylation sites (tertiary alicyclic amines) is 1. The number of carbonyl (C=O) groups excluding carboxylic acids is 1. The Morgan fingerprint density at radius 1 is 1.35 bits per heavy atom. The van der Waals surface area contributed by atoms with Crippen LogP contribution in [0.5, 0.6) is 0 Å². The van der Waals surface area contributed by atoms with Crippen molar-refractivity contribution in [3.63, 3.8) is 0 Å². The Morgan fingerprint density at radius 3 is 2.75 bits per heavy atom. The summed E-state index contributed by atoms with van der Waals surface area (Å²) < 4.78 is 0. The molecule has 0 aromatic carbocycles. The topological polar surface area (TPSA) is 83.6 Å².